The maximum Gasteiger partial charge on any atom is 0.335 e. The number of ether oxygens (including phenoxy) is 1. The van der Waals surface area contributed by atoms with E-state index < -0.39 is 5.97 Å². The largest absolute Gasteiger partial charge is 0.497 e. The first-order valence-electron chi connectivity index (χ1n) is 8.17. The summed E-state index contributed by atoms with van der Waals surface area (Å²) < 4.78 is 5.16. The van der Waals surface area contributed by atoms with Crippen molar-refractivity contribution in [2.45, 2.75) is 25.8 Å². The van der Waals surface area contributed by atoms with Crippen molar-refractivity contribution in [1.29, 1.82) is 0 Å². The van der Waals surface area contributed by atoms with E-state index in [2.05, 4.69) is 0 Å². The van der Waals surface area contributed by atoms with Gasteiger partial charge in [-0.15, -0.1) is 0 Å². The Morgan fingerprint density at radius 1 is 1.08 bits per heavy atom. The molecule has 0 radical (unpaired) electrons. The molecule has 1 N–H and O–H groups in total. The minimum absolute atomic E-state index is 0.0370. The van der Waals surface area contributed by atoms with Crippen LogP contribution in [0.1, 0.15) is 40.7 Å². The zero-order valence-corrected chi connectivity index (χ0v) is 14.7. The second-order valence-electron chi connectivity index (χ2n) is 5.93. The van der Waals surface area contributed by atoms with Crippen molar-refractivity contribution in [2.24, 2.45) is 0 Å². The molecule has 0 bridgehead atoms. The summed E-state index contributed by atoms with van der Waals surface area (Å²) in [4.78, 5) is 25.4. The first-order chi connectivity index (χ1) is 12.0. The summed E-state index contributed by atoms with van der Waals surface area (Å²) in [6.45, 7) is 2.42. The van der Waals surface area contributed by atoms with Crippen LogP contribution in [0, 0.1) is 0 Å². The number of hydrogen-bond donors (Lipinski definition) is 1. The van der Waals surface area contributed by atoms with Crippen LogP contribution in [0.3, 0.4) is 0 Å². The van der Waals surface area contributed by atoms with Gasteiger partial charge in [0.1, 0.15) is 5.75 Å². The van der Waals surface area contributed by atoms with Crippen molar-refractivity contribution in [3.8, 4) is 5.75 Å². The number of rotatable bonds is 7. The lowest BCUT2D eigenvalue weighted by Gasteiger charge is -2.23. The molecule has 5 nitrogen and oxygen atoms in total. The fraction of sp³-hybridized carbons (Fsp3) is 0.300. The van der Waals surface area contributed by atoms with Gasteiger partial charge in [0.05, 0.1) is 18.6 Å². The van der Waals surface area contributed by atoms with E-state index in [0.29, 0.717) is 13.0 Å². The number of methoxy groups -OCH3 is 1. The zero-order chi connectivity index (χ0) is 18.4. The van der Waals surface area contributed by atoms with Crippen LogP contribution in [0.25, 0.3) is 0 Å². The van der Waals surface area contributed by atoms with Crippen LogP contribution in [0.2, 0.25) is 0 Å². The molecule has 0 saturated carbocycles. The quantitative estimate of drug-likeness (QED) is 0.836. The topological polar surface area (TPSA) is 66.8 Å². The van der Waals surface area contributed by atoms with E-state index in [0.717, 1.165) is 16.9 Å². The number of nitrogens with zero attached hydrogens (tertiary/aromatic N) is 1. The molecule has 25 heavy (non-hydrogen) atoms. The number of carboxylic acids is 1. The minimum atomic E-state index is -0.957. The maximum absolute atomic E-state index is 12.8. The predicted molar refractivity (Wildman–Crippen MR) is 95.9 cm³/mol. The third kappa shape index (κ3) is 4.59. The Morgan fingerprint density at radius 3 is 2.16 bits per heavy atom. The van der Waals surface area contributed by atoms with Crippen molar-refractivity contribution < 1.29 is 19.4 Å². The molecule has 2 aromatic rings. The van der Waals surface area contributed by atoms with Crippen molar-refractivity contribution in [2.75, 3.05) is 14.2 Å². The molecule has 2 aromatic carbocycles. The van der Waals surface area contributed by atoms with E-state index >= 15 is 0 Å². The Morgan fingerprint density at radius 2 is 1.68 bits per heavy atom. The van der Waals surface area contributed by atoms with Gasteiger partial charge in [0, 0.05) is 13.6 Å². The Kier molecular flexibility index (Phi) is 6.17. The van der Waals surface area contributed by atoms with E-state index in [1.165, 1.54) is 0 Å². The highest BCUT2D eigenvalue weighted by molar-refractivity contribution is 5.87. The van der Waals surface area contributed by atoms with Crippen molar-refractivity contribution in [3.05, 3.63) is 65.2 Å². The molecule has 1 atom stereocenters. The van der Waals surface area contributed by atoms with Crippen LogP contribution >= 0.6 is 0 Å². The monoisotopic (exact) mass is 341 g/mol. The Bertz CT molecular complexity index is 722. The summed E-state index contributed by atoms with van der Waals surface area (Å²) in [7, 11) is 3.38. The summed E-state index contributed by atoms with van der Waals surface area (Å²) in [5.41, 5.74) is 2.09. The predicted octanol–water partition coefficient (Wildman–Crippen LogP) is 3.55. The summed E-state index contributed by atoms with van der Waals surface area (Å²) in [5.74, 6) is -0.372. The third-order valence-corrected chi connectivity index (χ3v) is 4.22. The lowest BCUT2D eigenvalue weighted by Crippen LogP contribution is -2.31. The SMILES string of the molecule is CCC(C(=O)N(C)Cc1ccc(C(=O)O)cc1)c1ccc(OC)cc1. The number of amides is 1. The number of benzene rings is 2. The number of likely N-dealkylation sites (N-methyl/N-ethyl adjacent to an activating group) is 1. The average Bonchev–Trinajstić information content (AvgIpc) is 2.63. The lowest BCUT2D eigenvalue weighted by atomic mass is 9.95. The standard InChI is InChI=1S/C20H23NO4/c1-4-18(15-9-11-17(25-3)12-10-15)19(22)21(2)13-14-5-7-16(8-6-14)20(23)24/h5-12,18H,4,13H2,1-3H3,(H,23,24). The highest BCUT2D eigenvalue weighted by atomic mass is 16.5. The van der Waals surface area contributed by atoms with E-state index in [-0.39, 0.29) is 17.4 Å². The number of carbonyl (C=O) groups is 2. The fourth-order valence-electron chi connectivity index (χ4n) is 2.76. The molecular formula is C20H23NO4. The summed E-state index contributed by atoms with van der Waals surface area (Å²) >= 11 is 0. The Balaban J connectivity index is 2.09. The van der Waals surface area contributed by atoms with Crippen LogP contribution in [0.15, 0.2) is 48.5 Å². The molecule has 1 amide bonds. The molecule has 132 valence electrons. The van der Waals surface area contributed by atoms with Crippen LogP contribution in [-0.2, 0) is 11.3 Å². The molecule has 5 heteroatoms. The third-order valence-electron chi connectivity index (χ3n) is 4.22. The molecule has 0 aliphatic carbocycles. The minimum Gasteiger partial charge on any atom is -0.497 e. The van der Waals surface area contributed by atoms with Crippen molar-refractivity contribution >= 4 is 11.9 Å². The molecule has 0 saturated heterocycles. The van der Waals surface area contributed by atoms with Crippen LogP contribution in [-0.4, -0.2) is 36.0 Å². The van der Waals surface area contributed by atoms with Gasteiger partial charge in [0.15, 0.2) is 0 Å². The van der Waals surface area contributed by atoms with Gasteiger partial charge >= 0.3 is 5.97 Å². The van der Waals surface area contributed by atoms with Crippen molar-refractivity contribution in [1.82, 2.24) is 4.90 Å². The highest BCUT2D eigenvalue weighted by Gasteiger charge is 2.22. The van der Waals surface area contributed by atoms with Gasteiger partial charge in [-0.05, 0) is 41.8 Å². The Hall–Kier alpha value is -2.82. The fourth-order valence-corrected chi connectivity index (χ4v) is 2.76. The molecular weight excluding hydrogens is 318 g/mol. The summed E-state index contributed by atoms with van der Waals surface area (Å²) in [6, 6.07) is 14.1. The first-order valence-corrected chi connectivity index (χ1v) is 8.17. The van der Waals surface area contributed by atoms with Gasteiger partial charge < -0.3 is 14.7 Å². The lowest BCUT2D eigenvalue weighted by molar-refractivity contribution is -0.132. The second kappa shape index (κ2) is 8.33. The number of carbonyl (C=O) groups excluding carboxylic acids is 1. The van der Waals surface area contributed by atoms with Crippen LogP contribution < -0.4 is 4.74 Å². The second-order valence-corrected chi connectivity index (χ2v) is 5.93. The van der Waals surface area contributed by atoms with Gasteiger partial charge in [-0.3, -0.25) is 4.79 Å². The summed E-state index contributed by atoms with van der Waals surface area (Å²) in [6.07, 6.45) is 0.702. The molecule has 2 rings (SSSR count). The van der Waals surface area contributed by atoms with Crippen molar-refractivity contribution in [3.63, 3.8) is 0 Å². The molecule has 0 heterocycles. The van der Waals surface area contributed by atoms with Crippen LogP contribution in [0.4, 0.5) is 0 Å². The number of hydrogen-bond acceptors (Lipinski definition) is 3. The van der Waals surface area contributed by atoms with Gasteiger partial charge in [-0.1, -0.05) is 31.2 Å². The normalized spacial score (nSPS) is 11.6. The zero-order valence-electron chi connectivity index (χ0n) is 14.7. The van der Waals surface area contributed by atoms with Gasteiger partial charge in [-0.2, -0.15) is 0 Å². The van der Waals surface area contributed by atoms with E-state index in [1.54, 1.807) is 43.3 Å². The first kappa shape index (κ1) is 18.5. The van der Waals surface area contributed by atoms with Gasteiger partial charge in [0.25, 0.3) is 0 Å². The number of aromatic carboxylic acids is 1. The van der Waals surface area contributed by atoms with E-state index in [4.69, 9.17) is 9.84 Å². The molecule has 1 unspecified atom stereocenters. The Labute approximate surface area is 147 Å². The molecule has 0 aliphatic heterocycles. The molecule has 0 fully saturated rings. The average molecular weight is 341 g/mol. The molecule has 0 aromatic heterocycles. The van der Waals surface area contributed by atoms with Gasteiger partial charge in [0.2, 0.25) is 5.91 Å². The van der Waals surface area contributed by atoms with Gasteiger partial charge in [-0.25, -0.2) is 4.79 Å². The highest BCUT2D eigenvalue weighted by Crippen LogP contribution is 2.24. The molecule has 0 spiro atoms. The smallest absolute Gasteiger partial charge is 0.335 e. The van der Waals surface area contributed by atoms with E-state index in [9.17, 15) is 9.59 Å². The maximum atomic E-state index is 12.8. The molecule has 0 aliphatic rings. The van der Waals surface area contributed by atoms with E-state index in [1.807, 2.05) is 31.2 Å². The number of carboxylic acid groups (broad SMARTS) is 1. The summed E-state index contributed by atoms with van der Waals surface area (Å²) in [5, 5.41) is 8.94. The van der Waals surface area contributed by atoms with Crippen LogP contribution in [0.5, 0.6) is 5.75 Å².